The SMILES string of the molecule is COc1cccc(Cl)c1CS(=O)(=O)Cl. The fourth-order valence-electron chi connectivity index (χ4n) is 1.04. The summed E-state index contributed by atoms with van der Waals surface area (Å²) in [6.07, 6.45) is 0. The second kappa shape index (κ2) is 4.38. The number of hydrogen-bond acceptors (Lipinski definition) is 3. The molecule has 0 saturated carbocycles. The normalized spacial score (nSPS) is 11.4. The molecule has 0 atom stereocenters. The molecule has 0 aliphatic carbocycles. The lowest BCUT2D eigenvalue weighted by molar-refractivity contribution is 0.411. The summed E-state index contributed by atoms with van der Waals surface area (Å²) in [6.45, 7) is 0. The van der Waals surface area contributed by atoms with Gasteiger partial charge in [0.05, 0.1) is 12.9 Å². The zero-order valence-electron chi connectivity index (χ0n) is 7.33. The molecule has 0 unspecified atom stereocenters. The first-order valence-corrected chi connectivity index (χ1v) is 6.53. The molecule has 0 bridgehead atoms. The highest BCUT2D eigenvalue weighted by molar-refractivity contribution is 8.13. The van der Waals surface area contributed by atoms with E-state index in [9.17, 15) is 8.42 Å². The number of ether oxygens (including phenoxy) is 1. The molecule has 0 aromatic heterocycles. The van der Waals surface area contributed by atoms with Crippen molar-refractivity contribution in [2.24, 2.45) is 0 Å². The minimum atomic E-state index is -3.62. The van der Waals surface area contributed by atoms with Crippen molar-refractivity contribution >= 4 is 31.3 Å². The van der Waals surface area contributed by atoms with E-state index in [1.807, 2.05) is 0 Å². The number of rotatable bonds is 3. The van der Waals surface area contributed by atoms with Crippen molar-refractivity contribution in [2.45, 2.75) is 5.75 Å². The largest absolute Gasteiger partial charge is 0.496 e. The second-order valence-electron chi connectivity index (χ2n) is 2.60. The van der Waals surface area contributed by atoms with Crippen LogP contribution in [0, 0.1) is 0 Å². The van der Waals surface area contributed by atoms with Crippen LogP contribution in [0.25, 0.3) is 0 Å². The molecule has 1 aromatic rings. The Labute approximate surface area is 92.0 Å². The summed E-state index contributed by atoms with van der Waals surface area (Å²) in [6, 6.07) is 4.89. The number of hydrogen-bond donors (Lipinski definition) is 0. The maximum Gasteiger partial charge on any atom is 0.236 e. The Hall–Kier alpha value is -0.450. The summed E-state index contributed by atoms with van der Waals surface area (Å²) < 4.78 is 26.7. The number of methoxy groups -OCH3 is 1. The van der Waals surface area contributed by atoms with Gasteiger partial charge in [0, 0.05) is 21.3 Å². The fourth-order valence-corrected chi connectivity index (χ4v) is 2.32. The highest BCUT2D eigenvalue weighted by Crippen LogP contribution is 2.28. The van der Waals surface area contributed by atoms with E-state index in [0.717, 1.165) is 0 Å². The Morgan fingerprint density at radius 1 is 1.43 bits per heavy atom. The first kappa shape index (κ1) is 11.6. The van der Waals surface area contributed by atoms with Gasteiger partial charge < -0.3 is 4.74 Å². The van der Waals surface area contributed by atoms with E-state index in [-0.39, 0.29) is 5.75 Å². The second-order valence-corrected chi connectivity index (χ2v) is 5.79. The minimum absolute atomic E-state index is 0.327. The Morgan fingerprint density at radius 3 is 2.57 bits per heavy atom. The van der Waals surface area contributed by atoms with Gasteiger partial charge in [-0.2, -0.15) is 0 Å². The van der Waals surface area contributed by atoms with Crippen molar-refractivity contribution in [1.29, 1.82) is 0 Å². The molecule has 0 amide bonds. The van der Waals surface area contributed by atoms with E-state index in [1.54, 1.807) is 18.2 Å². The smallest absolute Gasteiger partial charge is 0.236 e. The van der Waals surface area contributed by atoms with E-state index in [1.165, 1.54) is 7.11 Å². The Kier molecular flexibility index (Phi) is 3.64. The van der Waals surface area contributed by atoms with Crippen LogP contribution in [0.15, 0.2) is 18.2 Å². The first-order chi connectivity index (χ1) is 6.44. The Balaban J connectivity index is 3.18. The molecule has 14 heavy (non-hydrogen) atoms. The average molecular weight is 255 g/mol. The fraction of sp³-hybridized carbons (Fsp3) is 0.250. The van der Waals surface area contributed by atoms with E-state index < -0.39 is 9.05 Å². The van der Waals surface area contributed by atoms with Gasteiger partial charge in [0.1, 0.15) is 5.75 Å². The van der Waals surface area contributed by atoms with E-state index in [2.05, 4.69) is 0 Å². The molecule has 1 rings (SSSR count). The predicted molar refractivity (Wildman–Crippen MR) is 56.5 cm³/mol. The summed E-state index contributed by atoms with van der Waals surface area (Å²) in [7, 11) is 2.94. The Bertz CT molecular complexity index is 428. The third kappa shape index (κ3) is 3.04. The zero-order chi connectivity index (χ0) is 10.8. The van der Waals surface area contributed by atoms with Gasteiger partial charge in [-0.15, -0.1) is 0 Å². The monoisotopic (exact) mass is 254 g/mol. The van der Waals surface area contributed by atoms with E-state index in [0.29, 0.717) is 16.3 Å². The lowest BCUT2D eigenvalue weighted by Crippen LogP contribution is -1.99. The van der Waals surface area contributed by atoms with Crippen LogP contribution >= 0.6 is 22.3 Å². The van der Waals surface area contributed by atoms with Crippen LogP contribution in [0.5, 0.6) is 5.75 Å². The van der Waals surface area contributed by atoms with Crippen molar-refractivity contribution in [1.82, 2.24) is 0 Å². The van der Waals surface area contributed by atoms with Crippen molar-refractivity contribution < 1.29 is 13.2 Å². The zero-order valence-corrected chi connectivity index (χ0v) is 9.66. The van der Waals surface area contributed by atoms with Gasteiger partial charge in [-0.1, -0.05) is 17.7 Å². The van der Waals surface area contributed by atoms with Crippen molar-refractivity contribution in [2.75, 3.05) is 7.11 Å². The number of benzene rings is 1. The molecule has 0 aliphatic heterocycles. The quantitative estimate of drug-likeness (QED) is 0.779. The Morgan fingerprint density at radius 2 is 2.07 bits per heavy atom. The van der Waals surface area contributed by atoms with Gasteiger partial charge >= 0.3 is 0 Å². The standard InChI is InChI=1S/C8H8Cl2O3S/c1-13-8-4-2-3-7(9)6(8)5-14(10,11)12/h2-4H,5H2,1H3. The van der Waals surface area contributed by atoms with Gasteiger partial charge in [-0.3, -0.25) is 0 Å². The maximum absolute atomic E-state index is 10.9. The van der Waals surface area contributed by atoms with Crippen molar-refractivity contribution in [3.63, 3.8) is 0 Å². The summed E-state index contributed by atoms with van der Waals surface area (Å²) in [5.41, 5.74) is 0.381. The molecule has 0 spiro atoms. The van der Waals surface area contributed by atoms with Crippen LogP contribution in [-0.4, -0.2) is 15.5 Å². The lowest BCUT2D eigenvalue weighted by atomic mass is 10.2. The van der Waals surface area contributed by atoms with Gasteiger partial charge in [-0.05, 0) is 12.1 Å². The van der Waals surface area contributed by atoms with Crippen molar-refractivity contribution in [3.05, 3.63) is 28.8 Å². The number of halogens is 2. The summed E-state index contributed by atoms with van der Waals surface area (Å²) in [4.78, 5) is 0. The highest BCUT2D eigenvalue weighted by Gasteiger charge is 2.14. The van der Waals surface area contributed by atoms with Crippen LogP contribution in [0.2, 0.25) is 5.02 Å². The third-order valence-corrected chi connectivity index (χ3v) is 2.93. The summed E-state index contributed by atoms with van der Waals surface area (Å²) >= 11 is 5.81. The molecule has 78 valence electrons. The molecule has 1 aromatic carbocycles. The summed E-state index contributed by atoms with van der Waals surface area (Å²) in [5, 5.41) is 0.327. The molecule has 3 nitrogen and oxygen atoms in total. The van der Waals surface area contributed by atoms with Gasteiger partial charge in [0.25, 0.3) is 0 Å². The predicted octanol–water partition coefficient (Wildman–Crippen LogP) is 2.42. The van der Waals surface area contributed by atoms with E-state index in [4.69, 9.17) is 27.0 Å². The minimum Gasteiger partial charge on any atom is -0.496 e. The highest BCUT2D eigenvalue weighted by atomic mass is 35.7. The molecular formula is C8H8Cl2O3S. The molecule has 0 fully saturated rings. The average Bonchev–Trinajstić information content (AvgIpc) is 2.06. The van der Waals surface area contributed by atoms with Gasteiger partial charge in [0.15, 0.2) is 0 Å². The van der Waals surface area contributed by atoms with Gasteiger partial charge in [-0.25, -0.2) is 8.42 Å². The third-order valence-electron chi connectivity index (χ3n) is 1.61. The van der Waals surface area contributed by atoms with Crippen LogP contribution in [0.1, 0.15) is 5.56 Å². The molecule has 6 heteroatoms. The van der Waals surface area contributed by atoms with Crippen LogP contribution in [0.3, 0.4) is 0 Å². The van der Waals surface area contributed by atoms with E-state index >= 15 is 0 Å². The van der Waals surface area contributed by atoms with Crippen LogP contribution < -0.4 is 4.74 Å². The van der Waals surface area contributed by atoms with Gasteiger partial charge in [0.2, 0.25) is 9.05 Å². The van der Waals surface area contributed by atoms with Crippen LogP contribution in [-0.2, 0) is 14.8 Å². The molecule has 0 radical (unpaired) electrons. The lowest BCUT2D eigenvalue weighted by Gasteiger charge is -2.07. The molecule has 0 saturated heterocycles. The van der Waals surface area contributed by atoms with Crippen LogP contribution in [0.4, 0.5) is 0 Å². The molecular weight excluding hydrogens is 247 g/mol. The topological polar surface area (TPSA) is 43.4 Å². The summed E-state index contributed by atoms with van der Waals surface area (Å²) in [5.74, 6) is 0.0824. The molecule has 0 N–H and O–H groups in total. The van der Waals surface area contributed by atoms with Crippen molar-refractivity contribution in [3.8, 4) is 5.75 Å². The molecule has 0 heterocycles. The first-order valence-electron chi connectivity index (χ1n) is 3.68. The molecule has 0 aliphatic rings. The maximum atomic E-state index is 10.9.